The number of carbonyl (C=O) groups is 1. The van der Waals surface area contributed by atoms with Gasteiger partial charge in [0.15, 0.2) is 0 Å². The predicted octanol–water partition coefficient (Wildman–Crippen LogP) is 1.35. The van der Waals surface area contributed by atoms with Gasteiger partial charge >= 0.3 is 0 Å². The summed E-state index contributed by atoms with van der Waals surface area (Å²) < 4.78 is 2.36. The van der Waals surface area contributed by atoms with Gasteiger partial charge in [-0.25, -0.2) is 0 Å². The third-order valence-electron chi connectivity index (χ3n) is 2.32. The van der Waals surface area contributed by atoms with Gasteiger partial charge in [-0.05, 0) is 19.1 Å². The van der Waals surface area contributed by atoms with E-state index in [1.807, 2.05) is 13.0 Å². The topological polar surface area (TPSA) is 51.1 Å². The second kappa shape index (κ2) is 4.09. The van der Waals surface area contributed by atoms with Crippen molar-refractivity contribution in [3.05, 3.63) is 33.6 Å². The molecule has 5 heteroatoms. The largest absolute Gasteiger partial charge is 0.352 e. The average Bonchev–Trinajstić information content (AvgIpc) is 2.69. The fourth-order valence-electron chi connectivity index (χ4n) is 1.49. The molecule has 0 fully saturated rings. The molecule has 0 saturated carbocycles. The van der Waals surface area contributed by atoms with E-state index in [2.05, 4.69) is 5.32 Å². The number of fused-ring (bicyclic) bond motifs is 1. The molecular weight excluding hydrogens is 224 g/mol. The highest BCUT2D eigenvalue weighted by Crippen LogP contribution is 2.22. The van der Waals surface area contributed by atoms with Crippen molar-refractivity contribution < 1.29 is 4.79 Å². The molecule has 1 amide bonds. The number of carbonyl (C=O) groups excluding carboxylic acids is 1. The van der Waals surface area contributed by atoms with Crippen molar-refractivity contribution in [3.8, 4) is 0 Å². The first-order valence-corrected chi connectivity index (χ1v) is 5.82. The number of rotatable bonds is 2. The van der Waals surface area contributed by atoms with Crippen LogP contribution in [-0.4, -0.2) is 17.0 Å². The second-order valence-electron chi connectivity index (χ2n) is 3.48. The van der Waals surface area contributed by atoms with Crippen molar-refractivity contribution in [2.24, 2.45) is 7.05 Å². The van der Waals surface area contributed by atoms with Gasteiger partial charge in [0.05, 0.1) is 10.3 Å². The molecule has 0 spiro atoms. The number of pyridine rings is 1. The van der Waals surface area contributed by atoms with Crippen molar-refractivity contribution in [2.75, 3.05) is 6.54 Å². The Morgan fingerprint density at radius 3 is 3.00 bits per heavy atom. The third-order valence-corrected chi connectivity index (χ3v) is 3.42. The zero-order valence-electron chi connectivity index (χ0n) is 9.11. The Morgan fingerprint density at radius 1 is 1.56 bits per heavy atom. The summed E-state index contributed by atoms with van der Waals surface area (Å²) in [5, 5.41) is 3.33. The van der Waals surface area contributed by atoms with Crippen molar-refractivity contribution in [1.29, 1.82) is 0 Å². The minimum absolute atomic E-state index is 0.0655. The maximum absolute atomic E-state index is 11.8. The van der Waals surface area contributed by atoms with E-state index in [1.165, 1.54) is 15.9 Å². The maximum atomic E-state index is 11.8. The Morgan fingerprint density at radius 2 is 2.31 bits per heavy atom. The summed E-state index contributed by atoms with van der Waals surface area (Å²) in [5.41, 5.74) is -0.0655. The van der Waals surface area contributed by atoms with Crippen LogP contribution in [0, 0.1) is 0 Å². The van der Waals surface area contributed by atoms with Gasteiger partial charge in [0, 0.05) is 24.5 Å². The van der Waals surface area contributed by atoms with E-state index in [0.717, 1.165) is 4.70 Å². The first kappa shape index (κ1) is 10.9. The molecule has 2 rings (SSSR count). The van der Waals surface area contributed by atoms with Crippen molar-refractivity contribution in [2.45, 2.75) is 6.92 Å². The first-order valence-electron chi connectivity index (χ1n) is 5.01. The summed E-state index contributed by atoms with van der Waals surface area (Å²) >= 11 is 1.34. The van der Waals surface area contributed by atoms with Crippen molar-refractivity contribution in [3.63, 3.8) is 0 Å². The quantitative estimate of drug-likeness (QED) is 0.855. The Balaban J connectivity index is 2.56. The van der Waals surface area contributed by atoms with Crippen LogP contribution in [0.2, 0.25) is 0 Å². The summed E-state index contributed by atoms with van der Waals surface area (Å²) in [4.78, 5) is 23.9. The highest BCUT2D eigenvalue weighted by atomic mass is 32.1. The van der Waals surface area contributed by atoms with Gasteiger partial charge in [0.2, 0.25) is 0 Å². The average molecular weight is 236 g/mol. The molecule has 2 aromatic heterocycles. The fraction of sp³-hybridized carbons (Fsp3) is 0.273. The van der Waals surface area contributed by atoms with E-state index >= 15 is 0 Å². The molecule has 0 aliphatic carbocycles. The van der Waals surface area contributed by atoms with Crippen LogP contribution in [0.4, 0.5) is 0 Å². The molecule has 0 saturated heterocycles. The number of amides is 1. The maximum Gasteiger partial charge on any atom is 0.261 e. The van der Waals surface area contributed by atoms with Crippen LogP contribution in [-0.2, 0) is 7.05 Å². The predicted molar refractivity (Wildman–Crippen MR) is 65.1 cm³/mol. The Bertz CT molecular complexity index is 598. The van der Waals surface area contributed by atoms with Gasteiger partial charge in [-0.1, -0.05) is 0 Å². The number of aromatic nitrogens is 1. The molecule has 0 unspecified atom stereocenters. The molecule has 0 atom stereocenters. The van der Waals surface area contributed by atoms with E-state index in [1.54, 1.807) is 19.3 Å². The van der Waals surface area contributed by atoms with Crippen molar-refractivity contribution in [1.82, 2.24) is 9.88 Å². The third kappa shape index (κ3) is 1.74. The lowest BCUT2D eigenvalue weighted by atomic mass is 10.3. The number of nitrogens with one attached hydrogen (secondary N) is 1. The van der Waals surface area contributed by atoms with Crippen LogP contribution in [0.25, 0.3) is 10.1 Å². The molecule has 84 valence electrons. The van der Waals surface area contributed by atoms with Gasteiger partial charge in [-0.3, -0.25) is 9.59 Å². The first-order chi connectivity index (χ1) is 7.63. The normalized spacial score (nSPS) is 10.6. The number of hydrogen-bond donors (Lipinski definition) is 1. The zero-order valence-corrected chi connectivity index (χ0v) is 9.93. The van der Waals surface area contributed by atoms with Crippen LogP contribution in [0.3, 0.4) is 0 Å². The fourth-order valence-corrected chi connectivity index (χ4v) is 2.46. The standard InChI is InChI=1S/C11H12N2O2S/c1-3-12-10(14)9-6-7-8(16-9)4-5-13(2)11(7)15/h4-6H,3H2,1-2H3,(H,12,14). The van der Waals surface area contributed by atoms with Gasteiger partial charge in [-0.15, -0.1) is 11.3 Å². The van der Waals surface area contributed by atoms with Crippen LogP contribution in [0.1, 0.15) is 16.6 Å². The summed E-state index contributed by atoms with van der Waals surface area (Å²) in [5.74, 6) is -0.120. The van der Waals surface area contributed by atoms with Crippen LogP contribution in [0.5, 0.6) is 0 Å². The molecule has 2 aromatic rings. The SMILES string of the molecule is CCNC(=O)c1cc2c(=O)n(C)ccc2s1. The Labute approximate surface area is 96.5 Å². The molecule has 0 bridgehead atoms. The minimum Gasteiger partial charge on any atom is -0.352 e. The molecule has 0 aromatic carbocycles. The van der Waals surface area contributed by atoms with Gasteiger partial charge in [-0.2, -0.15) is 0 Å². The molecule has 0 aliphatic heterocycles. The van der Waals surface area contributed by atoms with E-state index < -0.39 is 0 Å². The molecule has 4 nitrogen and oxygen atoms in total. The van der Waals surface area contributed by atoms with Crippen LogP contribution in [0.15, 0.2) is 23.1 Å². The number of aryl methyl sites for hydroxylation is 1. The molecule has 0 radical (unpaired) electrons. The second-order valence-corrected chi connectivity index (χ2v) is 4.56. The molecule has 1 N–H and O–H groups in total. The number of nitrogens with zero attached hydrogens (tertiary/aromatic N) is 1. The lowest BCUT2D eigenvalue weighted by Gasteiger charge is -1.95. The van der Waals surface area contributed by atoms with Crippen LogP contribution < -0.4 is 10.9 Å². The lowest BCUT2D eigenvalue weighted by Crippen LogP contribution is -2.21. The van der Waals surface area contributed by atoms with E-state index in [9.17, 15) is 9.59 Å². The van der Waals surface area contributed by atoms with Crippen LogP contribution >= 0.6 is 11.3 Å². The Hall–Kier alpha value is -1.62. The zero-order chi connectivity index (χ0) is 11.7. The Kier molecular flexibility index (Phi) is 2.78. The lowest BCUT2D eigenvalue weighted by molar-refractivity contribution is 0.0960. The minimum atomic E-state index is -0.120. The van der Waals surface area contributed by atoms with Gasteiger partial charge in [0.1, 0.15) is 0 Å². The van der Waals surface area contributed by atoms with Gasteiger partial charge in [0.25, 0.3) is 11.5 Å². The summed E-state index contributed by atoms with van der Waals surface area (Å²) in [6, 6.07) is 3.51. The highest BCUT2D eigenvalue weighted by molar-refractivity contribution is 7.20. The molecule has 2 heterocycles. The smallest absolute Gasteiger partial charge is 0.261 e. The highest BCUT2D eigenvalue weighted by Gasteiger charge is 2.11. The van der Waals surface area contributed by atoms with E-state index in [-0.39, 0.29) is 11.5 Å². The molecule has 0 aliphatic rings. The van der Waals surface area contributed by atoms with Gasteiger partial charge < -0.3 is 9.88 Å². The summed E-state index contributed by atoms with van der Waals surface area (Å²) in [7, 11) is 1.70. The molecule has 16 heavy (non-hydrogen) atoms. The summed E-state index contributed by atoms with van der Waals surface area (Å²) in [6.07, 6.45) is 1.71. The number of hydrogen-bond acceptors (Lipinski definition) is 3. The van der Waals surface area contributed by atoms with Crippen molar-refractivity contribution >= 4 is 27.3 Å². The number of thiophene rings is 1. The monoisotopic (exact) mass is 236 g/mol. The van der Waals surface area contributed by atoms with E-state index in [0.29, 0.717) is 16.8 Å². The molecular formula is C11H12N2O2S. The van der Waals surface area contributed by atoms with E-state index in [4.69, 9.17) is 0 Å². The summed E-state index contributed by atoms with van der Waals surface area (Å²) in [6.45, 7) is 2.45.